The van der Waals surface area contributed by atoms with E-state index in [9.17, 15) is 5.11 Å². The number of hydrogen-bond donors (Lipinski definition) is 1. The first kappa shape index (κ1) is 10.7. The largest absolute Gasteiger partial charge is 0.508 e. The second-order valence-corrected chi connectivity index (χ2v) is 3.00. The lowest BCUT2D eigenvalue weighted by molar-refractivity contribution is 0.411. The molecule has 0 aromatic heterocycles. The maximum Gasteiger partial charge on any atom is 0.134 e. The maximum absolute atomic E-state index is 9.24. The quantitative estimate of drug-likeness (QED) is 0.600. The highest BCUT2D eigenvalue weighted by atomic mass is 35.5. The molecular formula is C11H11ClO2. The molecule has 0 amide bonds. The zero-order chi connectivity index (χ0) is 10.4. The number of hydrogen-bond acceptors (Lipinski definition) is 2. The van der Waals surface area contributed by atoms with Crippen LogP contribution in [0.2, 0.25) is 0 Å². The third-order valence-electron chi connectivity index (χ3n) is 1.63. The Morgan fingerprint density at radius 1 is 1.50 bits per heavy atom. The van der Waals surface area contributed by atoms with E-state index < -0.39 is 0 Å². The highest BCUT2D eigenvalue weighted by Crippen LogP contribution is 2.21. The van der Waals surface area contributed by atoms with Crippen LogP contribution in [0, 0.1) is 11.8 Å². The average Bonchev–Trinajstić information content (AvgIpc) is 2.19. The van der Waals surface area contributed by atoms with Crippen LogP contribution < -0.4 is 4.74 Å². The molecule has 0 radical (unpaired) electrons. The van der Waals surface area contributed by atoms with E-state index in [0.29, 0.717) is 23.6 Å². The van der Waals surface area contributed by atoms with Gasteiger partial charge in [-0.25, -0.2) is 0 Å². The smallest absolute Gasteiger partial charge is 0.134 e. The van der Waals surface area contributed by atoms with E-state index in [-0.39, 0.29) is 5.75 Å². The Morgan fingerprint density at radius 3 is 2.93 bits per heavy atom. The van der Waals surface area contributed by atoms with Crippen LogP contribution in [-0.4, -0.2) is 18.1 Å². The molecular weight excluding hydrogens is 200 g/mol. The molecule has 0 heterocycles. The fourth-order valence-electron chi connectivity index (χ4n) is 0.999. The fourth-order valence-corrected chi connectivity index (χ4v) is 1.09. The molecule has 3 heteroatoms. The molecule has 2 nitrogen and oxygen atoms in total. The van der Waals surface area contributed by atoms with Crippen LogP contribution >= 0.6 is 11.6 Å². The van der Waals surface area contributed by atoms with Crippen LogP contribution in [0.4, 0.5) is 0 Å². The summed E-state index contributed by atoms with van der Waals surface area (Å²) in [6.45, 7) is 0. The van der Waals surface area contributed by atoms with E-state index in [1.807, 2.05) is 0 Å². The summed E-state index contributed by atoms with van der Waals surface area (Å²) in [7, 11) is 1.57. The molecule has 0 saturated carbocycles. The minimum Gasteiger partial charge on any atom is -0.508 e. The molecule has 0 aliphatic heterocycles. The molecule has 1 rings (SSSR count). The van der Waals surface area contributed by atoms with Gasteiger partial charge in [-0.1, -0.05) is 11.8 Å². The molecule has 1 aromatic rings. The summed E-state index contributed by atoms with van der Waals surface area (Å²) in [5.41, 5.74) is 0.678. The van der Waals surface area contributed by atoms with Gasteiger partial charge in [-0.05, 0) is 18.2 Å². The van der Waals surface area contributed by atoms with Crippen LogP contribution in [0.15, 0.2) is 18.2 Å². The Hall–Kier alpha value is -1.33. The Balaban J connectivity index is 2.94. The Morgan fingerprint density at radius 2 is 2.29 bits per heavy atom. The van der Waals surface area contributed by atoms with Crippen molar-refractivity contribution in [3.63, 3.8) is 0 Å². The zero-order valence-electron chi connectivity index (χ0n) is 7.88. The van der Waals surface area contributed by atoms with Crippen molar-refractivity contribution in [2.45, 2.75) is 6.42 Å². The monoisotopic (exact) mass is 210 g/mol. The number of benzene rings is 1. The van der Waals surface area contributed by atoms with Crippen molar-refractivity contribution in [3.05, 3.63) is 23.8 Å². The molecule has 14 heavy (non-hydrogen) atoms. The SMILES string of the molecule is COc1ccc(O)cc1C#CCCCl. The topological polar surface area (TPSA) is 29.5 Å². The summed E-state index contributed by atoms with van der Waals surface area (Å²) < 4.78 is 5.08. The Kier molecular flexibility index (Phi) is 4.15. The molecule has 1 N–H and O–H groups in total. The second kappa shape index (κ2) is 5.41. The summed E-state index contributed by atoms with van der Waals surface area (Å²) in [5, 5.41) is 9.24. The maximum atomic E-state index is 9.24. The standard InChI is InChI=1S/C11H11ClO2/c1-14-11-6-5-10(13)8-9(11)4-2-3-7-12/h5-6,8,13H,3,7H2,1H3. The highest BCUT2D eigenvalue weighted by Gasteiger charge is 1.99. The first-order valence-electron chi connectivity index (χ1n) is 4.19. The third-order valence-corrected chi connectivity index (χ3v) is 1.81. The molecule has 0 atom stereocenters. The molecule has 0 bridgehead atoms. The van der Waals surface area contributed by atoms with Gasteiger partial charge in [0.05, 0.1) is 12.7 Å². The molecule has 74 valence electrons. The highest BCUT2D eigenvalue weighted by molar-refractivity contribution is 6.18. The van der Waals surface area contributed by atoms with Gasteiger partial charge in [-0.2, -0.15) is 0 Å². The Bertz CT molecular complexity index is 363. The molecule has 0 unspecified atom stereocenters. The number of alkyl halides is 1. The summed E-state index contributed by atoms with van der Waals surface area (Å²) in [6.07, 6.45) is 0.625. The number of ether oxygens (including phenoxy) is 1. The van der Waals surface area contributed by atoms with Crippen molar-refractivity contribution in [1.29, 1.82) is 0 Å². The molecule has 0 aliphatic carbocycles. The summed E-state index contributed by atoms with van der Waals surface area (Å²) in [4.78, 5) is 0. The van der Waals surface area contributed by atoms with Gasteiger partial charge >= 0.3 is 0 Å². The predicted molar refractivity (Wildman–Crippen MR) is 56.9 cm³/mol. The molecule has 0 spiro atoms. The van der Waals surface area contributed by atoms with Gasteiger partial charge in [0, 0.05) is 12.3 Å². The first-order chi connectivity index (χ1) is 6.77. The van der Waals surface area contributed by atoms with Crippen LogP contribution in [0.25, 0.3) is 0 Å². The van der Waals surface area contributed by atoms with Crippen molar-refractivity contribution < 1.29 is 9.84 Å². The van der Waals surface area contributed by atoms with Crippen molar-refractivity contribution in [3.8, 4) is 23.3 Å². The summed E-state index contributed by atoms with van der Waals surface area (Å²) in [5.74, 6) is 7.11. The van der Waals surface area contributed by atoms with Crippen LogP contribution in [0.3, 0.4) is 0 Å². The van der Waals surface area contributed by atoms with E-state index in [1.54, 1.807) is 25.3 Å². The van der Waals surface area contributed by atoms with Gasteiger partial charge in [0.1, 0.15) is 11.5 Å². The van der Waals surface area contributed by atoms with E-state index in [2.05, 4.69) is 11.8 Å². The number of halogens is 1. The van der Waals surface area contributed by atoms with Gasteiger partial charge in [0.15, 0.2) is 0 Å². The van der Waals surface area contributed by atoms with Gasteiger partial charge in [-0.3, -0.25) is 0 Å². The van der Waals surface area contributed by atoms with E-state index in [0.717, 1.165) is 0 Å². The fraction of sp³-hybridized carbons (Fsp3) is 0.273. The lowest BCUT2D eigenvalue weighted by Gasteiger charge is -2.02. The predicted octanol–water partition coefficient (Wildman–Crippen LogP) is 2.38. The van der Waals surface area contributed by atoms with Gasteiger partial charge < -0.3 is 9.84 Å². The van der Waals surface area contributed by atoms with Crippen molar-refractivity contribution >= 4 is 11.6 Å². The summed E-state index contributed by atoms with van der Waals surface area (Å²) >= 11 is 5.49. The van der Waals surface area contributed by atoms with Crippen LogP contribution in [-0.2, 0) is 0 Å². The second-order valence-electron chi connectivity index (χ2n) is 2.63. The minimum atomic E-state index is 0.181. The summed E-state index contributed by atoms with van der Waals surface area (Å²) in [6, 6.07) is 4.81. The number of aromatic hydroxyl groups is 1. The molecule has 0 fully saturated rings. The lowest BCUT2D eigenvalue weighted by Crippen LogP contribution is -1.87. The van der Waals surface area contributed by atoms with E-state index in [1.165, 1.54) is 0 Å². The van der Waals surface area contributed by atoms with Crippen molar-refractivity contribution in [2.75, 3.05) is 13.0 Å². The van der Waals surface area contributed by atoms with E-state index >= 15 is 0 Å². The normalized spacial score (nSPS) is 9.00. The van der Waals surface area contributed by atoms with Gasteiger partial charge in [0.2, 0.25) is 0 Å². The lowest BCUT2D eigenvalue weighted by atomic mass is 10.2. The number of methoxy groups -OCH3 is 1. The first-order valence-corrected chi connectivity index (χ1v) is 4.73. The van der Waals surface area contributed by atoms with Crippen LogP contribution in [0.5, 0.6) is 11.5 Å². The zero-order valence-corrected chi connectivity index (χ0v) is 8.64. The van der Waals surface area contributed by atoms with Crippen molar-refractivity contribution in [1.82, 2.24) is 0 Å². The van der Waals surface area contributed by atoms with Crippen molar-refractivity contribution in [2.24, 2.45) is 0 Å². The number of rotatable bonds is 2. The van der Waals surface area contributed by atoms with E-state index in [4.69, 9.17) is 16.3 Å². The molecule has 0 aliphatic rings. The minimum absolute atomic E-state index is 0.181. The van der Waals surface area contributed by atoms with Crippen LogP contribution in [0.1, 0.15) is 12.0 Å². The number of phenolic OH excluding ortho intramolecular Hbond substituents is 1. The third kappa shape index (κ3) is 2.86. The molecule has 1 aromatic carbocycles. The van der Waals surface area contributed by atoms with Gasteiger partial charge in [-0.15, -0.1) is 11.6 Å². The van der Waals surface area contributed by atoms with Gasteiger partial charge in [0.25, 0.3) is 0 Å². The molecule has 0 saturated heterocycles. The number of phenols is 1. The average molecular weight is 211 g/mol. The Labute approximate surface area is 88.5 Å².